The second kappa shape index (κ2) is 5.68. The molecule has 0 spiro atoms. The predicted molar refractivity (Wildman–Crippen MR) is 74.2 cm³/mol. The van der Waals surface area contributed by atoms with Crippen LogP contribution in [-0.2, 0) is 6.54 Å². The lowest BCUT2D eigenvalue weighted by atomic mass is 10.0. The predicted octanol–water partition coefficient (Wildman–Crippen LogP) is 3.97. The monoisotopic (exact) mass is 231 g/mol. The van der Waals surface area contributed by atoms with Gasteiger partial charge in [-0.3, -0.25) is 0 Å². The number of hydrogen-bond acceptors (Lipinski definition) is 1. The van der Waals surface area contributed by atoms with Crippen LogP contribution in [0.15, 0.2) is 18.2 Å². The molecular weight excluding hydrogens is 206 g/mol. The fourth-order valence-electron chi connectivity index (χ4n) is 2.45. The zero-order valence-electron chi connectivity index (χ0n) is 11.4. The van der Waals surface area contributed by atoms with Crippen molar-refractivity contribution in [1.82, 2.24) is 5.32 Å². The van der Waals surface area contributed by atoms with Gasteiger partial charge in [0.15, 0.2) is 0 Å². The summed E-state index contributed by atoms with van der Waals surface area (Å²) in [6, 6.07) is 7.47. The zero-order valence-corrected chi connectivity index (χ0v) is 11.4. The summed E-state index contributed by atoms with van der Waals surface area (Å²) in [5.41, 5.74) is 4.22. The summed E-state index contributed by atoms with van der Waals surface area (Å²) in [7, 11) is 0. The molecule has 0 heterocycles. The largest absolute Gasteiger partial charge is 0.310 e. The lowest BCUT2D eigenvalue weighted by molar-refractivity contribution is 0.444. The number of nitrogens with one attached hydrogen (secondary N) is 1. The first-order chi connectivity index (χ1) is 8.19. The summed E-state index contributed by atoms with van der Waals surface area (Å²) in [6.07, 6.45) is 5.55. The third kappa shape index (κ3) is 3.85. The van der Waals surface area contributed by atoms with E-state index in [9.17, 15) is 0 Å². The Balaban J connectivity index is 1.86. The molecule has 1 unspecified atom stereocenters. The summed E-state index contributed by atoms with van der Waals surface area (Å²) in [6.45, 7) is 7.69. The van der Waals surface area contributed by atoms with Gasteiger partial charge in [0.25, 0.3) is 0 Å². The fraction of sp³-hybridized carbons (Fsp3) is 0.625. The third-order valence-corrected chi connectivity index (χ3v) is 3.89. The van der Waals surface area contributed by atoms with Crippen LogP contribution in [0.1, 0.15) is 49.3 Å². The smallest absolute Gasteiger partial charge is 0.0210 e. The van der Waals surface area contributed by atoms with Crippen LogP contribution < -0.4 is 5.32 Å². The molecule has 0 bridgehead atoms. The van der Waals surface area contributed by atoms with Crippen molar-refractivity contribution < 1.29 is 0 Å². The number of rotatable bonds is 6. The van der Waals surface area contributed by atoms with Crippen molar-refractivity contribution in [3.05, 3.63) is 34.9 Å². The molecule has 2 rings (SSSR count). The maximum Gasteiger partial charge on any atom is 0.0210 e. The normalized spacial score (nSPS) is 17.1. The van der Waals surface area contributed by atoms with Gasteiger partial charge in [0.2, 0.25) is 0 Å². The Morgan fingerprint density at radius 2 is 2.06 bits per heavy atom. The van der Waals surface area contributed by atoms with Gasteiger partial charge in [-0.2, -0.15) is 0 Å². The van der Waals surface area contributed by atoms with Crippen LogP contribution in [0.5, 0.6) is 0 Å². The van der Waals surface area contributed by atoms with Gasteiger partial charge in [0.05, 0.1) is 0 Å². The van der Waals surface area contributed by atoms with E-state index < -0.39 is 0 Å². The Bertz CT molecular complexity index is 366. The van der Waals surface area contributed by atoms with Crippen LogP contribution >= 0.6 is 0 Å². The highest BCUT2D eigenvalue weighted by Crippen LogP contribution is 2.34. The van der Waals surface area contributed by atoms with Crippen molar-refractivity contribution in [2.75, 3.05) is 0 Å². The van der Waals surface area contributed by atoms with Crippen LogP contribution in [0.25, 0.3) is 0 Å². The maximum atomic E-state index is 3.72. The molecule has 1 atom stereocenters. The van der Waals surface area contributed by atoms with Gasteiger partial charge in [0, 0.05) is 12.6 Å². The molecule has 1 aliphatic rings. The topological polar surface area (TPSA) is 12.0 Å². The average Bonchev–Trinajstić information content (AvgIpc) is 3.10. The van der Waals surface area contributed by atoms with Crippen molar-refractivity contribution in [3.8, 4) is 0 Å². The summed E-state index contributed by atoms with van der Waals surface area (Å²) in [5, 5.41) is 3.72. The minimum atomic E-state index is 0.711. The van der Waals surface area contributed by atoms with Gasteiger partial charge in [0.1, 0.15) is 0 Å². The van der Waals surface area contributed by atoms with Gasteiger partial charge < -0.3 is 5.32 Å². The van der Waals surface area contributed by atoms with Crippen LogP contribution in [0, 0.1) is 19.8 Å². The van der Waals surface area contributed by atoms with Gasteiger partial charge in [-0.1, -0.05) is 43.5 Å². The average molecular weight is 231 g/mol. The second-order valence-electron chi connectivity index (χ2n) is 5.60. The Hall–Kier alpha value is -0.820. The van der Waals surface area contributed by atoms with E-state index in [1.54, 1.807) is 0 Å². The highest BCUT2D eigenvalue weighted by Gasteiger charge is 2.24. The Kier molecular flexibility index (Phi) is 4.22. The molecule has 1 N–H and O–H groups in total. The van der Waals surface area contributed by atoms with Crippen molar-refractivity contribution >= 4 is 0 Å². The lowest BCUT2D eigenvalue weighted by Gasteiger charge is -2.17. The Morgan fingerprint density at radius 1 is 1.29 bits per heavy atom. The minimum Gasteiger partial charge on any atom is -0.310 e. The van der Waals surface area contributed by atoms with E-state index >= 15 is 0 Å². The minimum absolute atomic E-state index is 0.711. The molecule has 1 aromatic rings. The van der Waals surface area contributed by atoms with E-state index in [0.717, 1.165) is 12.5 Å². The summed E-state index contributed by atoms with van der Waals surface area (Å²) < 4.78 is 0. The first kappa shape index (κ1) is 12.6. The molecule has 0 aromatic heterocycles. The quantitative estimate of drug-likeness (QED) is 0.781. The van der Waals surface area contributed by atoms with Gasteiger partial charge in [-0.25, -0.2) is 0 Å². The molecule has 1 saturated carbocycles. The zero-order chi connectivity index (χ0) is 12.3. The molecule has 1 aromatic carbocycles. The molecular formula is C16H25N. The summed E-state index contributed by atoms with van der Waals surface area (Å²) in [5.74, 6) is 1.02. The summed E-state index contributed by atoms with van der Waals surface area (Å²) >= 11 is 0. The van der Waals surface area contributed by atoms with E-state index in [-0.39, 0.29) is 0 Å². The van der Waals surface area contributed by atoms with E-state index in [4.69, 9.17) is 0 Å². The van der Waals surface area contributed by atoms with E-state index in [0.29, 0.717) is 6.04 Å². The molecule has 1 nitrogen and oxygen atoms in total. The maximum absolute atomic E-state index is 3.72. The lowest BCUT2D eigenvalue weighted by Crippen LogP contribution is -2.28. The fourth-order valence-corrected chi connectivity index (χ4v) is 2.45. The second-order valence-corrected chi connectivity index (χ2v) is 5.60. The first-order valence-electron chi connectivity index (χ1n) is 6.98. The highest BCUT2D eigenvalue weighted by molar-refractivity contribution is 5.30. The molecule has 0 aliphatic heterocycles. The Labute approximate surface area is 106 Å². The molecule has 1 heteroatoms. The van der Waals surface area contributed by atoms with Gasteiger partial charge in [-0.15, -0.1) is 0 Å². The van der Waals surface area contributed by atoms with Crippen molar-refractivity contribution in [2.24, 2.45) is 5.92 Å². The molecule has 0 amide bonds. The highest BCUT2D eigenvalue weighted by atomic mass is 14.9. The first-order valence-corrected chi connectivity index (χ1v) is 6.98. The van der Waals surface area contributed by atoms with E-state index in [2.05, 4.69) is 44.3 Å². The SMILES string of the molecule is CCC(CC1CC1)NCc1ccc(C)cc1C. The van der Waals surface area contributed by atoms with Crippen LogP contribution in [0.4, 0.5) is 0 Å². The van der Waals surface area contributed by atoms with Crippen LogP contribution in [0.2, 0.25) is 0 Å². The number of hydrogen-bond donors (Lipinski definition) is 1. The van der Waals surface area contributed by atoms with Crippen LogP contribution in [0.3, 0.4) is 0 Å². The molecule has 94 valence electrons. The van der Waals surface area contributed by atoms with Crippen LogP contribution in [-0.4, -0.2) is 6.04 Å². The Morgan fingerprint density at radius 3 is 2.65 bits per heavy atom. The number of benzene rings is 1. The molecule has 1 aliphatic carbocycles. The van der Waals surface area contributed by atoms with Crippen molar-refractivity contribution in [3.63, 3.8) is 0 Å². The molecule has 1 fully saturated rings. The molecule has 17 heavy (non-hydrogen) atoms. The van der Waals surface area contributed by atoms with Crippen molar-refractivity contribution in [2.45, 2.75) is 59.0 Å². The molecule has 0 radical (unpaired) electrons. The summed E-state index contributed by atoms with van der Waals surface area (Å²) in [4.78, 5) is 0. The number of aryl methyl sites for hydroxylation is 2. The third-order valence-electron chi connectivity index (χ3n) is 3.89. The molecule has 0 saturated heterocycles. The van der Waals surface area contributed by atoms with Crippen molar-refractivity contribution in [1.29, 1.82) is 0 Å². The van der Waals surface area contributed by atoms with E-state index in [1.807, 2.05) is 0 Å². The van der Waals surface area contributed by atoms with E-state index in [1.165, 1.54) is 42.4 Å². The van der Waals surface area contributed by atoms with Gasteiger partial charge in [-0.05, 0) is 43.7 Å². The standard InChI is InChI=1S/C16H25N/c1-4-16(10-14-6-7-14)17-11-15-8-5-12(2)9-13(15)3/h5,8-9,14,16-17H,4,6-7,10-11H2,1-3H3. The van der Waals surface area contributed by atoms with Gasteiger partial charge >= 0.3 is 0 Å².